The summed E-state index contributed by atoms with van der Waals surface area (Å²) < 4.78 is 5.31. The molecule has 0 saturated heterocycles. The number of hydrogen-bond donors (Lipinski definition) is 1. The molecule has 0 spiro atoms. The maximum absolute atomic E-state index is 11.9. The monoisotopic (exact) mass is 250 g/mol. The van der Waals surface area contributed by atoms with Gasteiger partial charge >= 0.3 is 0 Å². The standard InChI is InChI=1S/C12H11ClN2O2/c1-7-5-8(2)17-11(7)12(16)15-10-6-9(13)3-4-14-10/h3-6H,1-2H3,(H,14,15,16). The van der Waals surface area contributed by atoms with Crippen molar-refractivity contribution in [1.29, 1.82) is 0 Å². The molecule has 0 bridgehead atoms. The van der Waals surface area contributed by atoms with E-state index >= 15 is 0 Å². The molecule has 2 heterocycles. The van der Waals surface area contributed by atoms with Gasteiger partial charge in [-0.3, -0.25) is 4.79 Å². The predicted molar refractivity (Wildman–Crippen MR) is 65.4 cm³/mol. The highest BCUT2D eigenvalue weighted by atomic mass is 35.5. The van der Waals surface area contributed by atoms with Crippen molar-refractivity contribution in [2.75, 3.05) is 5.32 Å². The van der Waals surface area contributed by atoms with Gasteiger partial charge in [0.1, 0.15) is 11.6 Å². The molecule has 17 heavy (non-hydrogen) atoms. The summed E-state index contributed by atoms with van der Waals surface area (Å²) >= 11 is 5.79. The lowest BCUT2D eigenvalue weighted by Gasteiger charge is -2.02. The van der Waals surface area contributed by atoms with Crippen LogP contribution < -0.4 is 5.32 Å². The molecule has 0 saturated carbocycles. The molecule has 0 aliphatic carbocycles. The van der Waals surface area contributed by atoms with Crippen LogP contribution in [-0.2, 0) is 0 Å². The third kappa shape index (κ3) is 2.65. The van der Waals surface area contributed by atoms with Crippen LogP contribution in [0.2, 0.25) is 5.02 Å². The Balaban J connectivity index is 2.20. The van der Waals surface area contributed by atoms with Crippen molar-refractivity contribution in [3.8, 4) is 0 Å². The molecule has 2 rings (SSSR count). The summed E-state index contributed by atoms with van der Waals surface area (Å²) in [5.74, 6) is 1.07. The molecular formula is C12H11ClN2O2. The van der Waals surface area contributed by atoms with E-state index in [1.165, 1.54) is 6.20 Å². The molecule has 2 aromatic rings. The second-order valence-electron chi connectivity index (χ2n) is 3.68. The molecule has 1 amide bonds. The molecule has 88 valence electrons. The number of nitrogens with zero attached hydrogens (tertiary/aromatic N) is 1. The minimum atomic E-state index is -0.328. The molecule has 5 heteroatoms. The average Bonchev–Trinajstić information content (AvgIpc) is 2.58. The van der Waals surface area contributed by atoms with Crippen LogP contribution in [-0.4, -0.2) is 10.9 Å². The summed E-state index contributed by atoms with van der Waals surface area (Å²) in [5, 5.41) is 3.14. The van der Waals surface area contributed by atoms with Crippen molar-refractivity contribution in [2.45, 2.75) is 13.8 Å². The molecule has 0 radical (unpaired) electrons. The zero-order valence-electron chi connectivity index (χ0n) is 9.45. The molecule has 2 aromatic heterocycles. The number of carbonyl (C=O) groups is 1. The Labute approximate surface area is 104 Å². The molecular weight excluding hydrogens is 240 g/mol. The van der Waals surface area contributed by atoms with E-state index in [2.05, 4.69) is 10.3 Å². The van der Waals surface area contributed by atoms with Gasteiger partial charge in [-0.15, -0.1) is 0 Å². The fourth-order valence-corrected chi connectivity index (χ4v) is 1.67. The van der Waals surface area contributed by atoms with Crippen LogP contribution in [0.5, 0.6) is 0 Å². The predicted octanol–water partition coefficient (Wildman–Crippen LogP) is 3.20. The molecule has 0 unspecified atom stereocenters. The molecule has 0 aliphatic rings. The van der Waals surface area contributed by atoms with E-state index in [1.807, 2.05) is 6.92 Å². The van der Waals surface area contributed by atoms with E-state index in [0.29, 0.717) is 22.4 Å². The number of nitrogens with one attached hydrogen (secondary N) is 1. The van der Waals surface area contributed by atoms with Crippen LogP contribution in [0.15, 0.2) is 28.8 Å². The minimum absolute atomic E-state index is 0.296. The highest BCUT2D eigenvalue weighted by Gasteiger charge is 2.14. The summed E-state index contributed by atoms with van der Waals surface area (Å²) in [4.78, 5) is 15.9. The number of pyridine rings is 1. The molecule has 0 aliphatic heterocycles. The number of halogens is 1. The third-order valence-corrected chi connectivity index (χ3v) is 2.45. The van der Waals surface area contributed by atoms with Gasteiger partial charge in [0.2, 0.25) is 0 Å². The van der Waals surface area contributed by atoms with E-state index in [4.69, 9.17) is 16.0 Å². The smallest absolute Gasteiger partial charge is 0.292 e. The highest BCUT2D eigenvalue weighted by Crippen LogP contribution is 2.17. The quantitative estimate of drug-likeness (QED) is 0.891. The van der Waals surface area contributed by atoms with Gasteiger partial charge < -0.3 is 9.73 Å². The Morgan fingerprint density at radius 3 is 2.76 bits per heavy atom. The zero-order chi connectivity index (χ0) is 12.4. The average molecular weight is 251 g/mol. The lowest BCUT2D eigenvalue weighted by atomic mass is 10.2. The van der Waals surface area contributed by atoms with Crippen LogP contribution in [0.25, 0.3) is 0 Å². The number of rotatable bonds is 2. The van der Waals surface area contributed by atoms with Gasteiger partial charge in [-0.1, -0.05) is 11.6 Å². The molecule has 1 N–H and O–H groups in total. The van der Waals surface area contributed by atoms with E-state index in [-0.39, 0.29) is 5.91 Å². The second-order valence-corrected chi connectivity index (χ2v) is 4.12. The summed E-state index contributed by atoms with van der Waals surface area (Å²) in [6.45, 7) is 3.61. The number of anilines is 1. The molecule has 0 fully saturated rings. The molecule has 0 atom stereocenters. The number of aromatic nitrogens is 1. The Morgan fingerprint density at radius 2 is 2.18 bits per heavy atom. The van der Waals surface area contributed by atoms with Crippen molar-refractivity contribution in [3.63, 3.8) is 0 Å². The van der Waals surface area contributed by atoms with Crippen molar-refractivity contribution < 1.29 is 9.21 Å². The van der Waals surface area contributed by atoms with Gasteiger partial charge in [0.05, 0.1) is 0 Å². The lowest BCUT2D eigenvalue weighted by molar-refractivity contribution is 0.0994. The SMILES string of the molecule is Cc1cc(C)c(C(=O)Nc2cc(Cl)ccn2)o1. The van der Waals surface area contributed by atoms with Gasteiger partial charge in [0.25, 0.3) is 5.91 Å². The van der Waals surface area contributed by atoms with E-state index in [1.54, 1.807) is 25.1 Å². The van der Waals surface area contributed by atoms with Crippen LogP contribution in [0.3, 0.4) is 0 Å². The van der Waals surface area contributed by atoms with E-state index in [9.17, 15) is 4.79 Å². The van der Waals surface area contributed by atoms with Crippen LogP contribution >= 0.6 is 11.6 Å². The summed E-state index contributed by atoms with van der Waals surface area (Å²) in [7, 11) is 0. The Morgan fingerprint density at radius 1 is 1.41 bits per heavy atom. The number of furan rings is 1. The maximum atomic E-state index is 11.9. The largest absolute Gasteiger partial charge is 0.456 e. The summed E-state index contributed by atoms with van der Waals surface area (Å²) in [5.41, 5.74) is 0.794. The van der Waals surface area contributed by atoms with E-state index < -0.39 is 0 Å². The van der Waals surface area contributed by atoms with Crippen molar-refractivity contribution in [2.24, 2.45) is 0 Å². The summed E-state index contributed by atoms with van der Waals surface area (Å²) in [6, 6.07) is 5.02. The lowest BCUT2D eigenvalue weighted by Crippen LogP contribution is -2.13. The fraction of sp³-hybridized carbons (Fsp3) is 0.167. The van der Waals surface area contributed by atoms with E-state index in [0.717, 1.165) is 5.56 Å². The van der Waals surface area contributed by atoms with Gasteiger partial charge in [0.15, 0.2) is 5.76 Å². The van der Waals surface area contributed by atoms with Crippen LogP contribution in [0.1, 0.15) is 21.9 Å². The third-order valence-electron chi connectivity index (χ3n) is 2.21. The molecule has 0 aromatic carbocycles. The van der Waals surface area contributed by atoms with Gasteiger partial charge in [0, 0.05) is 16.8 Å². The number of hydrogen-bond acceptors (Lipinski definition) is 3. The van der Waals surface area contributed by atoms with Gasteiger partial charge in [-0.05, 0) is 32.0 Å². The van der Waals surface area contributed by atoms with Crippen molar-refractivity contribution in [1.82, 2.24) is 4.98 Å². The maximum Gasteiger partial charge on any atom is 0.292 e. The molecule has 4 nitrogen and oxygen atoms in total. The first-order valence-corrected chi connectivity index (χ1v) is 5.44. The first-order chi connectivity index (χ1) is 8.06. The summed E-state index contributed by atoms with van der Waals surface area (Å²) in [6.07, 6.45) is 1.53. The van der Waals surface area contributed by atoms with Gasteiger partial charge in [-0.25, -0.2) is 4.98 Å². The first kappa shape index (κ1) is 11.7. The van der Waals surface area contributed by atoms with Gasteiger partial charge in [-0.2, -0.15) is 0 Å². The Bertz CT molecular complexity index is 563. The second kappa shape index (κ2) is 4.59. The van der Waals surface area contributed by atoms with Crippen molar-refractivity contribution in [3.05, 3.63) is 46.5 Å². The Kier molecular flexibility index (Phi) is 3.15. The fourth-order valence-electron chi connectivity index (χ4n) is 1.51. The number of amides is 1. The minimum Gasteiger partial charge on any atom is -0.456 e. The number of carbonyl (C=O) groups excluding carboxylic acids is 1. The topological polar surface area (TPSA) is 55.1 Å². The number of aryl methyl sites for hydroxylation is 2. The highest BCUT2D eigenvalue weighted by molar-refractivity contribution is 6.30. The van der Waals surface area contributed by atoms with Crippen LogP contribution in [0, 0.1) is 13.8 Å². The first-order valence-electron chi connectivity index (χ1n) is 5.06. The zero-order valence-corrected chi connectivity index (χ0v) is 10.2. The van der Waals surface area contributed by atoms with Crippen LogP contribution in [0.4, 0.5) is 5.82 Å². The Hall–Kier alpha value is -1.81. The normalized spacial score (nSPS) is 10.3. The van der Waals surface area contributed by atoms with Crippen molar-refractivity contribution >= 4 is 23.3 Å².